The molecule has 0 saturated heterocycles. The Morgan fingerprint density at radius 1 is 0.270 bits per heavy atom. The Balaban J connectivity index is 0.839. The summed E-state index contributed by atoms with van der Waals surface area (Å²) in [6.45, 7) is 9.71. The predicted molar refractivity (Wildman–Crippen MR) is 317 cm³/mol. The molecule has 0 unspecified atom stereocenters. The van der Waals surface area contributed by atoms with Gasteiger partial charge in [-0.3, -0.25) is 0 Å². The lowest BCUT2D eigenvalue weighted by Crippen LogP contribution is -2.17. The Labute approximate surface area is 435 Å². The van der Waals surface area contributed by atoms with E-state index >= 15 is 0 Å². The SMILES string of the molecule is CC1(C)c2cc3c(cc2-c2c1cc(C=Cc1ccc(N(c4ccccc4)c4ccccc4)cc1)c1ccccc21)C(C)(C)c1cc(C=Cc2ccc(N(c4ccccc4)c4ccccc4)cc2)c2ccccc2c1-3. The summed E-state index contributed by atoms with van der Waals surface area (Å²) < 4.78 is 0. The largest absolute Gasteiger partial charge is 0.311 e. The van der Waals surface area contributed by atoms with Crippen molar-refractivity contribution in [2.75, 3.05) is 9.80 Å². The number of rotatable bonds is 10. The van der Waals surface area contributed by atoms with Gasteiger partial charge in [0.15, 0.2) is 0 Å². The van der Waals surface area contributed by atoms with Gasteiger partial charge in [0.2, 0.25) is 0 Å². The second-order valence-electron chi connectivity index (χ2n) is 20.9. The molecule has 0 saturated carbocycles. The van der Waals surface area contributed by atoms with Gasteiger partial charge in [0.1, 0.15) is 0 Å². The molecular formula is C72H56N2. The van der Waals surface area contributed by atoms with E-state index in [-0.39, 0.29) is 10.8 Å². The molecule has 0 spiro atoms. The molecule has 0 heterocycles. The monoisotopic (exact) mass is 948 g/mol. The van der Waals surface area contributed by atoms with Crippen molar-refractivity contribution in [3.8, 4) is 22.3 Å². The van der Waals surface area contributed by atoms with Crippen molar-refractivity contribution >= 4 is 80.0 Å². The fourth-order valence-electron chi connectivity index (χ4n) is 12.0. The van der Waals surface area contributed by atoms with E-state index in [9.17, 15) is 0 Å². The Morgan fingerprint density at radius 3 is 0.878 bits per heavy atom. The summed E-state index contributed by atoms with van der Waals surface area (Å²) >= 11 is 0. The Kier molecular flexibility index (Phi) is 10.9. The van der Waals surface area contributed by atoms with Crippen molar-refractivity contribution in [2.45, 2.75) is 38.5 Å². The standard InChI is InChI=1S/C72H56N2/c1-71(2)65-47-64-66(48-63(65)69-61-31-19-17-29-59(61)51(45-67(69)71)39-33-49-35-41-57(42-36-49)73(53-21-9-5-10-22-53)54-23-11-6-12-24-54)72(3,4)68-46-52(60-30-18-20-32-62(60)70(64)68)40-34-50-37-43-58(44-38-50)74(55-25-13-7-14-26-55)56-27-15-8-16-28-56/h5-48H,1-4H3. The van der Waals surface area contributed by atoms with Gasteiger partial charge >= 0.3 is 0 Å². The summed E-state index contributed by atoms with van der Waals surface area (Å²) in [5, 5.41) is 5.15. The van der Waals surface area contributed by atoms with Crippen LogP contribution in [-0.2, 0) is 10.8 Å². The van der Waals surface area contributed by atoms with Crippen LogP contribution in [0.1, 0.15) is 72.2 Å². The Morgan fingerprint density at radius 2 is 0.554 bits per heavy atom. The summed E-state index contributed by atoms with van der Waals surface area (Å²) in [7, 11) is 0. The Hall–Kier alpha value is -8.98. The van der Waals surface area contributed by atoms with Crippen LogP contribution >= 0.6 is 0 Å². The number of fused-ring (bicyclic) bond motifs is 10. The number of nitrogens with zero attached hydrogens (tertiary/aromatic N) is 2. The minimum atomic E-state index is -0.216. The predicted octanol–water partition coefficient (Wildman–Crippen LogP) is 19.9. The normalized spacial score (nSPS) is 13.8. The molecule has 0 aromatic heterocycles. The molecule has 0 N–H and O–H groups in total. The van der Waals surface area contributed by atoms with Gasteiger partial charge in [0.25, 0.3) is 0 Å². The zero-order valence-corrected chi connectivity index (χ0v) is 42.3. The van der Waals surface area contributed by atoms with Gasteiger partial charge in [-0.05, 0) is 185 Å². The van der Waals surface area contributed by atoms with Gasteiger partial charge in [0.05, 0.1) is 0 Å². The molecule has 2 nitrogen and oxygen atoms in total. The van der Waals surface area contributed by atoms with Gasteiger partial charge in [-0.2, -0.15) is 0 Å². The molecule has 354 valence electrons. The molecule has 0 aliphatic heterocycles. The highest BCUT2D eigenvalue weighted by Gasteiger charge is 2.43. The molecule has 0 atom stereocenters. The number of benzene rings is 11. The molecule has 11 aromatic carbocycles. The van der Waals surface area contributed by atoms with Crippen molar-refractivity contribution in [3.05, 3.63) is 287 Å². The third kappa shape index (κ3) is 7.56. The third-order valence-corrected chi connectivity index (χ3v) is 15.8. The van der Waals surface area contributed by atoms with E-state index in [2.05, 4.69) is 304 Å². The van der Waals surface area contributed by atoms with Crippen LogP contribution < -0.4 is 9.80 Å². The summed E-state index contributed by atoms with van der Waals surface area (Å²) in [5.74, 6) is 0. The minimum Gasteiger partial charge on any atom is -0.311 e. The topological polar surface area (TPSA) is 6.48 Å². The maximum atomic E-state index is 2.57. The summed E-state index contributed by atoms with van der Waals surface area (Å²) in [4.78, 5) is 4.62. The summed E-state index contributed by atoms with van der Waals surface area (Å²) in [6, 6.07) is 88.3. The van der Waals surface area contributed by atoms with Crippen LogP contribution in [0.25, 0.3) is 68.1 Å². The maximum absolute atomic E-state index is 2.57. The average Bonchev–Trinajstić information content (AvgIpc) is 3.84. The molecule has 0 amide bonds. The van der Waals surface area contributed by atoms with E-state index in [0.717, 1.165) is 45.3 Å². The Bertz CT molecular complexity index is 3620. The molecular weight excluding hydrogens is 893 g/mol. The van der Waals surface area contributed by atoms with Gasteiger partial charge in [-0.15, -0.1) is 0 Å². The lowest BCUT2D eigenvalue weighted by Gasteiger charge is -2.25. The van der Waals surface area contributed by atoms with E-state index in [1.165, 1.54) is 77.2 Å². The second kappa shape index (κ2) is 17.9. The smallest absolute Gasteiger partial charge is 0.0462 e. The van der Waals surface area contributed by atoms with E-state index in [1.54, 1.807) is 0 Å². The fourth-order valence-corrected chi connectivity index (χ4v) is 12.0. The molecule has 74 heavy (non-hydrogen) atoms. The van der Waals surface area contributed by atoms with E-state index in [4.69, 9.17) is 0 Å². The van der Waals surface area contributed by atoms with Gasteiger partial charge in [-0.25, -0.2) is 0 Å². The first-order valence-electron chi connectivity index (χ1n) is 25.9. The van der Waals surface area contributed by atoms with Crippen LogP contribution in [0.3, 0.4) is 0 Å². The third-order valence-electron chi connectivity index (χ3n) is 15.8. The second-order valence-corrected chi connectivity index (χ2v) is 20.9. The van der Waals surface area contributed by atoms with Gasteiger partial charge in [-0.1, -0.05) is 198 Å². The summed E-state index contributed by atoms with van der Waals surface area (Å²) in [5.41, 5.74) is 22.2. The zero-order valence-electron chi connectivity index (χ0n) is 42.3. The first-order valence-corrected chi connectivity index (χ1v) is 25.9. The van der Waals surface area contributed by atoms with Crippen molar-refractivity contribution in [3.63, 3.8) is 0 Å². The van der Waals surface area contributed by atoms with Crippen molar-refractivity contribution in [1.82, 2.24) is 0 Å². The molecule has 0 radical (unpaired) electrons. The minimum absolute atomic E-state index is 0.216. The highest BCUT2D eigenvalue weighted by atomic mass is 15.1. The van der Waals surface area contributed by atoms with Crippen LogP contribution in [0.4, 0.5) is 34.1 Å². The van der Waals surface area contributed by atoms with Crippen molar-refractivity contribution in [2.24, 2.45) is 0 Å². The van der Waals surface area contributed by atoms with Crippen LogP contribution in [-0.4, -0.2) is 0 Å². The highest BCUT2D eigenvalue weighted by Crippen LogP contribution is 2.59. The maximum Gasteiger partial charge on any atom is 0.0462 e. The molecule has 13 rings (SSSR count). The molecule has 2 heteroatoms. The first kappa shape index (κ1) is 44.9. The molecule has 2 aliphatic rings. The number of para-hydroxylation sites is 4. The van der Waals surface area contributed by atoms with Crippen LogP contribution in [0.5, 0.6) is 0 Å². The lowest BCUT2D eigenvalue weighted by atomic mass is 9.79. The van der Waals surface area contributed by atoms with Gasteiger partial charge in [0, 0.05) is 45.0 Å². The molecule has 0 bridgehead atoms. The zero-order chi connectivity index (χ0) is 50.0. The van der Waals surface area contributed by atoms with E-state index < -0.39 is 0 Å². The average molecular weight is 949 g/mol. The molecule has 0 fully saturated rings. The first-order chi connectivity index (χ1) is 36.2. The van der Waals surface area contributed by atoms with Crippen LogP contribution in [0.2, 0.25) is 0 Å². The molecule has 11 aromatic rings. The van der Waals surface area contributed by atoms with E-state index in [0.29, 0.717) is 0 Å². The summed E-state index contributed by atoms with van der Waals surface area (Å²) in [6.07, 6.45) is 9.18. The van der Waals surface area contributed by atoms with E-state index in [1.807, 2.05) is 0 Å². The van der Waals surface area contributed by atoms with Crippen LogP contribution in [0, 0.1) is 0 Å². The van der Waals surface area contributed by atoms with Gasteiger partial charge < -0.3 is 9.80 Å². The van der Waals surface area contributed by atoms with Crippen molar-refractivity contribution < 1.29 is 0 Å². The fraction of sp³-hybridized carbons (Fsp3) is 0.0833. The molecule has 2 aliphatic carbocycles. The van der Waals surface area contributed by atoms with Crippen molar-refractivity contribution in [1.29, 1.82) is 0 Å². The van der Waals surface area contributed by atoms with Crippen LogP contribution in [0.15, 0.2) is 243 Å². The number of anilines is 6. The lowest BCUT2D eigenvalue weighted by molar-refractivity contribution is 0.652. The number of hydrogen-bond acceptors (Lipinski definition) is 2. The highest BCUT2D eigenvalue weighted by molar-refractivity contribution is 6.10. The quantitative estimate of drug-likeness (QED) is 0.126. The number of hydrogen-bond donors (Lipinski definition) is 0.